The third-order valence-corrected chi connectivity index (χ3v) is 2.28. The number of hydrogen-bond donors (Lipinski definition) is 3. The van der Waals surface area contributed by atoms with Gasteiger partial charge in [0.1, 0.15) is 11.9 Å². The summed E-state index contributed by atoms with van der Waals surface area (Å²) in [6.45, 7) is 3.67. The van der Waals surface area contributed by atoms with Gasteiger partial charge >= 0.3 is 12.0 Å². The maximum absolute atomic E-state index is 11.4. The van der Waals surface area contributed by atoms with E-state index in [1.807, 2.05) is 0 Å². The second-order valence-electron chi connectivity index (χ2n) is 3.72. The van der Waals surface area contributed by atoms with E-state index < -0.39 is 18.0 Å². The Bertz CT molecular complexity index is 436. The van der Waals surface area contributed by atoms with Crippen LogP contribution in [-0.4, -0.2) is 33.1 Å². The second kappa shape index (κ2) is 6.53. The maximum Gasteiger partial charge on any atom is 0.326 e. The Labute approximate surface area is 105 Å². The fraction of sp³-hybridized carbons (Fsp3) is 0.455. The normalized spacial score (nSPS) is 11.7. The quantitative estimate of drug-likeness (QED) is 0.705. The van der Waals surface area contributed by atoms with Gasteiger partial charge < -0.3 is 15.7 Å². The molecule has 0 radical (unpaired) electrons. The van der Waals surface area contributed by atoms with Gasteiger partial charge in [0.15, 0.2) is 0 Å². The third-order valence-electron chi connectivity index (χ3n) is 2.28. The van der Waals surface area contributed by atoms with E-state index in [0.29, 0.717) is 17.9 Å². The summed E-state index contributed by atoms with van der Waals surface area (Å²) in [6.07, 6.45) is 1.93. The zero-order valence-electron chi connectivity index (χ0n) is 10.3. The molecule has 0 bridgehead atoms. The van der Waals surface area contributed by atoms with Crippen LogP contribution >= 0.6 is 0 Å². The van der Waals surface area contributed by atoms with Crippen LogP contribution in [0.15, 0.2) is 12.3 Å². The minimum Gasteiger partial charge on any atom is -0.480 e. The number of carboxylic acids is 1. The van der Waals surface area contributed by atoms with Crippen LogP contribution in [-0.2, 0) is 11.3 Å². The van der Waals surface area contributed by atoms with Gasteiger partial charge in [0.2, 0.25) is 0 Å². The number of carboxylic acid groups (broad SMARTS) is 1. The van der Waals surface area contributed by atoms with E-state index in [-0.39, 0.29) is 6.54 Å². The summed E-state index contributed by atoms with van der Waals surface area (Å²) in [7, 11) is 0. The number of amides is 2. The van der Waals surface area contributed by atoms with Crippen molar-refractivity contribution < 1.29 is 14.7 Å². The van der Waals surface area contributed by atoms with Crippen LogP contribution in [0.4, 0.5) is 4.79 Å². The van der Waals surface area contributed by atoms with Crippen molar-refractivity contribution in [3.8, 4) is 0 Å². The Hall–Kier alpha value is -2.18. The number of aromatic nitrogens is 2. The Morgan fingerprint density at radius 2 is 2.22 bits per heavy atom. The molecule has 3 N–H and O–H groups in total. The molecule has 1 heterocycles. The van der Waals surface area contributed by atoms with Gasteiger partial charge in [-0.25, -0.2) is 19.6 Å². The smallest absolute Gasteiger partial charge is 0.326 e. The topological polar surface area (TPSA) is 104 Å². The summed E-state index contributed by atoms with van der Waals surface area (Å²) in [4.78, 5) is 30.2. The highest BCUT2D eigenvalue weighted by atomic mass is 16.4. The lowest BCUT2D eigenvalue weighted by Crippen LogP contribution is -2.45. The number of aryl methyl sites for hydroxylation is 1. The van der Waals surface area contributed by atoms with Gasteiger partial charge in [0.05, 0.1) is 12.2 Å². The molecule has 0 aliphatic rings. The molecule has 0 aromatic carbocycles. The predicted octanol–water partition coefficient (Wildman–Crippen LogP) is 0.447. The van der Waals surface area contributed by atoms with Crippen LogP contribution in [0.2, 0.25) is 0 Å². The lowest BCUT2D eigenvalue weighted by Gasteiger charge is -2.12. The van der Waals surface area contributed by atoms with Crippen molar-refractivity contribution in [2.75, 3.05) is 0 Å². The fourth-order valence-electron chi connectivity index (χ4n) is 1.32. The maximum atomic E-state index is 11.4. The minimum absolute atomic E-state index is 0.227. The molecule has 1 rings (SSSR count). The molecule has 98 valence electrons. The van der Waals surface area contributed by atoms with E-state index in [0.717, 1.165) is 0 Å². The van der Waals surface area contributed by atoms with Crippen molar-refractivity contribution in [3.63, 3.8) is 0 Å². The Morgan fingerprint density at radius 1 is 1.50 bits per heavy atom. The molecular formula is C11H16N4O3. The second-order valence-corrected chi connectivity index (χ2v) is 3.72. The summed E-state index contributed by atoms with van der Waals surface area (Å²) in [5, 5.41) is 13.7. The van der Waals surface area contributed by atoms with Crippen LogP contribution in [0, 0.1) is 6.92 Å². The van der Waals surface area contributed by atoms with Crippen LogP contribution in [0.3, 0.4) is 0 Å². The van der Waals surface area contributed by atoms with Crippen molar-refractivity contribution in [2.24, 2.45) is 0 Å². The summed E-state index contributed by atoms with van der Waals surface area (Å²) in [5.74, 6) is -0.433. The van der Waals surface area contributed by atoms with E-state index in [4.69, 9.17) is 5.11 Å². The van der Waals surface area contributed by atoms with Gasteiger partial charge in [-0.15, -0.1) is 0 Å². The first kappa shape index (κ1) is 13.9. The van der Waals surface area contributed by atoms with Crippen LogP contribution in [0.25, 0.3) is 0 Å². The van der Waals surface area contributed by atoms with E-state index in [1.54, 1.807) is 26.1 Å². The SMILES string of the molecule is CC[C@@H](NC(=O)NCc1ccnc(C)n1)C(=O)O. The largest absolute Gasteiger partial charge is 0.480 e. The van der Waals surface area contributed by atoms with E-state index in [2.05, 4.69) is 20.6 Å². The van der Waals surface area contributed by atoms with Gasteiger partial charge in [0.25, 0.3) is 0 Å². The molecule has 1 aromatic rings. The molecule has 0 fully saturated rings. The monoisotopic (exact) mass is 252 g/mol. The zero-order chi connectivity index (χ0) is 13.5. The standard InChI is InChI=1S/C11H16N4O3/c1-3-9(10(16)17)15-11(18)13-6-8-4-5-12-7(2)14-8/h4-5,9H,3,6H2,1-2H3,(H,16,17)(H2,13,15,18)/t9-/m1/s1. The van der Waals surface area contributed by atoms with Crippen LogP contribution in [0.5, 0.6) is 0 Å². The number of aliphatic carboxylic acids is 1. The van der Waals surface area contributed by atoms with Gasteiger partial charge in [-0.3, -0.25) is 0 Å². The first-order valence-electron chi connectivity index (χ1n) is 5.58. The van der Waals surface area contributed by atoms with Gasteiger partial charge in [0, 0.05) is 6.20 Å². The fourth-order valence-corrected chi connectivity index (χ4v) is 1.32. The molecule has 0 saturated heterocycles. The summed E-state index contributed by atoms with van der Waals surface area (Å²) >= 11 is 0. The molecule has 0 spiro atoms. The molecule has 0 saturated carbocycles. The number of rotatable bonds is 5. The minimum atomic E-state index is -1.05. The molecule has 2 amide bonds. The van der Waals surface area contributed by atoms with Crippen molar-refractivity contribution >= 4 is 12.0 Å². The van der Waals surface area contributed by atoms with Crippen molar-refractivity contribution in [1.29, 1.82) is 0 Å². The summed E-state index contributed by atoms with van der Waals surface area (Å²) < 4.78 is 0. The Morgan fingerprint density at radius 3 is 2.78 bits per heavy atom. The predicted molar refractivity (Wildman–Crippen MR) is 63.9 cm³/mol. The Balaban J connectivity index is 2.44. The third kappa shape index (κ3) is 4.36. The van der Waals surface area contributed by atoms with E-state index >= 15 is 0 Å². The zero-order valence-corrected chi connectivity index (χ0v) is 10.3. The molecule has 0 aliphatic heterocycles. The van der Waals surface area contributed by atoms with Gasteiger partial charge in [-0.05, 0) is 19.4 Å². The highest BCUT2D eigenvalue weighted by Gasteiger charge is 2.16. The number of carbonyl (C=O) groups is 2. The van der Waals surface area contributed by atoms with Crippen molar-refractivity contribution in [2.45, 2.75) is 32.9 Å². The van der Waals surface area contributed by atoms with Gasteiger partial charge in [-0.2, -0.15) is 0 Å². The highest BCUT2D eigenvalue weighted by molar-refractivity contribution is 5.82. The lowest BCUT2D eigenvalue weighted by atomic mass is 10.2. The summed E-state index contributed by atoms with van der Waals surface area (Å²) in [5.41, 5.74) is 0.668. The number of hydrogen-bond acceptors (Lipinski definition) is 4. The Kier molecular flexibility index (Phi) is 5.04. The number of nitrogens with one attached hydrogen (secondary N) is 2. The highest BCUT2D eigenvalue weighted by Crippen LogP contribution is 1.94. The molecule has 0 unspecified atom stereocenters. The van der Waals surface area contributed by atoms with E-state index in [1.165, 1.54) is 0 Å². The number of carbonyl (C=O) groups excluding carboxylic acids is 1. The molecular weight excluding hydrogens is 236 g/mol. The number of nitrogens with zero attached hydrogens (tertiary/aromatic N) is 2. The average molecular weight is 252 g/mol. The average Bonchev–Trinajstić information content (AvgIpc) is 2.33. The van der Waals surface area contributed by atoms with E-state index in [9.17, 15) is 9.59 Å². The number of urea groups is 1. The van der Waals surface area contributed by atoms with Crippen LogP contribution in [0.1, 0.15) is 24.9 Å². The first-order chi connectivity index (χ1) is 8.52. The van der Waals surface area contributed by atoms with Crippen molar-refractivity contribution in [1.82, 2.24) is 20.6 Å². The first-order valence-corrected chi connectivity index (χ1v) is 5.58. The lowest BCUT2D eigenvalue weighted by molar-refractivity contribution is -0.139. The molecule has 1 atom stereocenters. The van der Waals surface area contributed by atoms with Crippen LogP contribution < -0.4 is 10.6 Å². The molecule has 0 aliphatic carbocycles. The van der Waals surface area contributed by atoms with Gasteiger partial charge in [-0.1, -0.05) is 6.92 Å². The molecule has 7 heteroatoms. The van der Waals surface area contributed by atoms with Crippen molar-refractivity contribution in [3.05, 3.63) is 23.8 Å². The molecule has 1 aromatic heterocycles. The molecule has 18 heavy (non-hydrogen) atoms. The molecule has 7 nitrogen and oxygen atoms in total. The summed E-state index contributed by atoms with van der Waals surface area (Å²) in [6, 6.07) is 0.277.